The van der Waals surface area contributed by atoms with Crippen LogP contribution in [0, 0.1) is 0 Å². The molecule has 3 amide bonds. The minimum Gasteiger partial charge on any atom is -0.493 e. The Kier molecular flexibility index (Phi) is 6.83. The van der Waals surface area contributed by atoms with E-state index >= 15 is 0 Å². The molecular weight excluding hydrogens is 436 g/mol. The Morgan fingerprint density at radius 3 is 2.22 bits per heavy atom. The van der Waals surface area contributed by atoms with Crippen LogP contribution in [0.25, 0.3) is 0 Å². The molecule has 32 heavy (non-hydrogen) atoms. The standard InChI is InChI=1S/C22H24N2O7S/c1-4-31-19-11-14(9-10-18(19)30-2)15(13-32(3,28)29)12-20(25)23-24-21(26)16-7-5-6-8-17(16)22(24)27/h5-11,15H,4,12-13H2,1-3H3,(H,23,25). The number of methoxy groups -OCH3 is 1. The molecule has 0 radical (unpaired) electrons. The van der Waals surface area contributed by atoms with Crippen LogP contribution in [0.1, 0.15) is 45.5 Å². The van der Waals surface area contributed by atoms with E-state index in [4.69, 9.17) is 9.47 Å². The largest absolute Gasteiger partial charge is 0.493 e. The second kappa shape index (κ2) is 9.39. The maximum atomic E-state index is 12.7. The molecule has 1 aliphatic heterocycles. The summed E-state index contributed by atoms with van der Waals surface area (Å²) in [7, 11) is -1.96. The number of carbonyl (C=O) groups is 3. The van der Waals surface area contributed by atoms with Gasteiger partial charge in [0, 0.05) is 18.6 Å². The highest BCUT2D eigenvalue weighted by atomic mass is 32.2. The molecule has 1 unspecified atom stereocenters. The molecule has 2 aromatic rings. The van der Waals surface area contributed by atoms with Gasteiger partial charge in [0.25, 0.3) is 11.8 Å². The number of hydrogen-bond donors (Lipinski definition) is 1. The molecule has 1 atom stereocenters. The van der Waals surface area contributed by atoms with E-state index in [-0.39, 0.29) is 23.3 Å². The molecule has 0 aromatic heterocycles. The van der Waals surface area contributed by atoms with Gasteiger partial charge in [-0.25, -0.2) is 8.42 Å². The van der Waals surface area contributed by atoms with Crippen molar-refractivity contribution >= 4 is 27.6 Å². The maximum absolute atomic E-state index is 12.7. The van der Waals surface area contributed by atoms with Gasteiger partial charge >= 0.3 is 0 Å². The zero-order valence-corrected chi connectivity index (χ0v) is 18.8. The Balaban J connectivity index is 1.82. The highest BCUT2D eigenvalue weighted by Crippen LogP contribution is 2.33. The molecule has 0 aliphatic carbocycles. The van der Waals surface area contributed by atoms with Gasteiger partial charge in [-0.2, -0.15) is 5.01 Å². The molecule has 1 N–H and O–H groups in total. The predicted octanol–water partition coefficient (Wildman–Crippen LogP) is 1.94. The van der Waals surface area contributed by atoms with Crippen LogP contribution in [0.5, 0.6) is 11.5 Å². The summed E-state index contributed by atoms with van der Waals surface area (Å²) >= 11 is 0. The van der Waals surface area contributed by atoms with Crippen molar-refractivity contribution in [2.75, 3.05) is 25.7 Å². The average molecular weight is 461 g/mol. The van der Waals surface area contributed by atoms with Crippen LogP contribution >= 0.6 is 0 Å². The molecule has 10 heteroatoms. The summed E-state index contributed by atoms with van der Waals surface area (Å²) in [6.45, 7) is 2.17. The first kappa shape index (κ1) is 23.3. The summed E-state index contributed by atoms with van der Waals surface area (Å²) in [5, 5.41) is 0.657. The van der Waals surface area contributed by atoms with Gasteiger partial charge in [0.2, 0.25) is 5.91 Å². The zero-order chi connectivity index (χ0) is 23.5. The molecule has 1 heterocycles. The molecule has 1 aliphatic rings. The number of sulfone groups is 1. The van der Waals surface area contributed by atoms with Crippen molar-refractivity contribution in [1.29, 1.82) is 0 Å². The SMILES string of the molecule is CCOc1cc(C(CC(=O)NN2C(=O)c3ccccc3C2=O)CS(C)(=O)=O)ccc1OC. The summed E-state index contributed by atoms with van der Waals surface area (Å²) in [4.78, 5) is 37.7. The minimum absolute atomic E-state index is 0.196. The first-order valence-electron chi connectivity index (χ1n) is 9.90. The molecule has 0 bridgehead atoms. The van der Waals surface area contributed by atoms with Crippen LogP contribution in [-0.2, 0) is 14.6 Å². The third-order valence-electron chi connectivity index (χ3n) is 4.93. The van der Waals surface area contributed by atoms with E-state index in [1.165, 1.54) is 19.2 Å². The Morgan fingerprint density at radius 2 is 1.69 bits per heavy atom. The van der Waals surface area contributed by atoms with Crippen LogP contribution in [0.15, 0.2) is 42.5 Å². The van der Waals surface area contributed by atoms with Gasteiger partial charge in [-0.15, -0.1) is 0 Å². The van der Waals surface area contributed by atoms with E-state index in [1.54, 1.807) is 37.3 Å². The number of nitrogens with one attached hydrogen (secondary N) is 1. The highest BCUT2D eigenvalue weighted by molar-refractivity contribution is 7.90. The summed E-state index contributed by atoms with van der Waals surface area (Å²) in [6, 6.07) is 11.2. The molecule has 0 spiro atoms. The van der Waals surface area contributed by atoms with Gasteiger partial charge in [0.1, 0.15) is 9.84 Å². The molecule has 9 nitrogen and oxygen atoms in total. The summed E-state index contributed by atoms with van der Waals surface area (Å²) in [6.07, 6.45) is 0.813. The van der Waals surface area contributed by atoms with E-state index in [1.807, 2.05) is 0 Å². The summed E-state index contributed by atoms with van der Waals surface area (Å²) in [5.41, 5.74) is 3.26. The second-order valence-corrected chi connectivity index (χ2v) is 9.55. The lowest BCUT2D eigenvalue weighted by Crippen LogP contribution is -2.46. The van der Waals surface area contributed by atoms with Crippen molar-refractivity contribution in [3.8, 4) is 11.5 Å². The van der Waals surface area contributed by atoms with Crippen molar-refractivity contribution in [2.24, 2.45) is 0 Å². The number of nitrogens with zero attached hydrogens (tertiary/aromatic N) is 1. The van der Waals surface area contributed by atoms with Crippen LogP contribution in [0.2, 0.25) is 0 Å². The maximum Gasteiger partial charge on any atom is 0.280 e. The van der Waals surface area contributed by atoms with Crippen molar-refractivity contribution < 1.29 is 32.3 Å². The lowest BCUT2D eigenvalue weighted by molar-refractivity contribution is -0.124. The second-order valence-electron chi connectivity index (χ2n) is 7.36. The van der Waals surface area contributed by atoms with E-state index in [2.05, 4.69) is 5.43 Å². The molecule has 0 saturated heterocycles. The third-order valence-corrected chi connectivity index (χ3v) is 5.93. The fourth-order valence-corrected chi connectivity index (χ4v) is 4.58. The van der Waals surface area contributed by atoms with Crippen molar-refractivity contribution in [3.63, 3.8) is 0 Å². The van der Waals surface area contributed by atoms with E-state index in [0.29, 0.717) is 28.7 Å². The van der Waals surface area contributed by atoms with Crippen LogP contribution in [0.4, 0.5) is 0 Å². The van der Waals surface area contributed by atoms with Gasteiger partial charge in [-0.05, 0) is 36.8 Å². The van der Waals surface area contributed by atoms with Gasteiger partial charge in [0.15, 0.2) is 11.5 Å². The number of imide groups is 1. The molecule has 2 aromatic carbocycles. The fourth-order valence-electron chi connectivity index (χ4n) is 3.54. The molecule has 3 rings (SSSR count). The zero-order valence-electron chi connectivity index (χ0n) is 18.0. The third kappa shape index (κ3) is 5.08. The first-order chi connectivity index (χ1) is 15.1. The number of fused-ring (bicyclic) bond motifs is 1. The summed E-state index contributed by atoms with van der Waals surface area (Å²) < 4.78 is 34.8. The lowest BCUT2D eigenvalue weighted by atomic mass is 9.97. The van der Waals surface area contributed by atoms with Crippen LogP contribution < -0.4 is 14.9 Å². The van der Waals surface area contributed by atoms with Crippen LogP contribution in [-0.4, -0.2) is 56.9 Å². The number of hydrogen-bond acceptors (Lipinski definition) is 7. The van der Waals surface area contributed by atoms with E-state index < -0.39 is 33.5 Å². The Labute approximate surface area is 186 Å². The fraction of sp³-hybridized carbons (Fsp3) is 0.318. The molecule has 170 valence electrons. The number of benzene rings is 2. The van der Waals surface area contributed by atoms with Crippen molar-refractivity contribution in [2.45, 2.75) is 19.3 Å². The average Bonchev–Trinajstić information content (AvgIpc) is 2.97. The van der Waals surface area contributed by atoms with E-state index in [0.717, 1.165) is 6.26 Å². The monoisotopic (exact) mass is 460 g/mol. The predicted molar refractivity (Wildman–Crippen MR) is 116 cm³/mol. The van der Waals surface area contributed by atoms with Crippen LogP contribution in [0.3, 0.4) is 0 Å². The highest BCUT2D eigenvalue weighted by Gasteiger charge is 2.37. The van der Waals surface area contributed by atoms with Crippen molar-refractivity contribution in [1.82, 2.24) is 10.4 Å². The van der Waals surface area contributed by atoms with Gasteiger partial charge in [-0.1, -0.05) is 18.2 Å². The van der Waals surface area contributed by atoms with Crippen molar-refractivity contribution in [3.05, 3.63) is 59.2 Å². The smallest absolute Gasteiger partial charge is 0.280 e. The van der Waals surface area contributed by atoms with Gasteiger partial charge in [0.05, 0.1) is 30.6 Å². The number of ether oxygens (including phenoxy) is 2. The lowest BCUT2D eigenvalue weighted by Gasteiger charge is -2.20. The Hall–Kier alpha value is -3.40. The molecule has 0 saturated carbocycles. The number of amides is 3. The van der Waals surface area contributed by atoms with Gasteiger partial charge in [-0.3, -0.25) is 19.8 Å². The molecule has 0 fully saturated rings. The first-order valence-corrected chi connectivity index (χ1v) is 12.0. The summed E-state index contributed by atoms with van der Waals surface area (Å²) in [5.74, 6) is -2.08. The van der Waals surface area contributed by atoms with E-state index in [9.17, 15) is 22.8 Å². The number of hydrazine groups is 1. The molecular formula is C22H24N2O7S. The van der Waals surface area contributed by atoms with Gasteiger partial charge < -0.3 is 9.47 Å². The quantitative estimate of drug-likeness (QED) is 0.568. The Bertz CT molecular complexity index is 1130. The Morgan fingerprint density at radius 1 is 1.06 bits per heavy atom. The normalized spacial score (nSPS) is 14.2. The number of carbonyl (C=O) groups excluding carboxylic acids is 3. The number of rotatable bonds is 9. The topological polar surface area (TPSA) is 119 Å². The minimum atomic E-state index is -3.45.